The van der Waals surface area contributed by atoms with Crippen LogP contribution >= 0.6 is 0 Å². The van der Waals surface area contributed by atoms with Crippen LogP contribution in [0, 0.1) is 0 Å². The van der Waals surface area contributed by atoms with Crippen LogP contribution in [0.3, 0.4) is 0 Å². The van der Waals surface area contributed by atoms with E-state index in [4.69, 9.17) is 0 Å². The van der Waals surface area contributed by atoms with Gasteiger partial charge >= 0.3 is 0 Å². The second-order valence-corrected chi connectivity index (χ2v) is 12.5. The van der Waals surface area contributed by atoms with Gasteiger partial charge in [-0.25, -0.2) is 0 Å². The lowest BCUT2D eigenvalue weighted by Gasteiger charge is -2.33. The van der Waals surface area contributed by atoms with Gasteiger partial charge in [-0.3, -0.25) is 0 Å². The van der Waals surface area contributed by atoms with Crippen molar-refractivity contribution in [2.75, 3.05) is 0 Å². The molecular formula is C45H30N2. The van der Waals surface area contributed by atoms with Crippen LogP contribution in [0.25, 0.3) is 55.2 Å². The highest BCUT2D eigenvalue weighted by Gasteiger charge is 2.46. The van der Waals surface area contributed by atoms with E-state index in [9.17, 15) is 0 Å². The van der Waals surface area contributed by atoms with Gasteiger partial charge in [-0.2, -0.15) is 0 Å². The first-order valence-electron chi connectivity index (χ1n) is 16.3. The van der Waals surface area contributed by atoms with E-state index in [0.717, 1.165) is 11.4 Å². The summed E-state index contributed by atoms with van der Waals surface area (Å²) >= 11 is 0. The third-order valence-corrected chi connectivity index (χ3v) is 10.2. The Hall–Kier alpha value is -6.12. The molecule has 0 saturated carbocycles. The highest BCUT2D eigenvalue weighted by Crippen LogP contribution is 2.57. The summed E-state index contributed by atoms with van der Waals surface area (Å²) in [6.07, 6.45) is 2.23. The number of rotatable bonds is 4. The Labute approximate surface area is 273 Å². The first kappa shape index (κ1) is 26.1. The predicted molar refractivity (Wildman–Crippen MR) is 195 cm³/mol. The Kier molecular flexibility index (Phi) is 5.53. The molecule has 0 atom stereocenters. The lowest BCUT2D eigenvalue weighted by molar-refractivity contribution is 0.769. The van der Waals surface area contributed by atoms with Gasteiger partial charge in [-0.05, 0) is 70.3 Å². The fourth-order valence-corrected chi connectivity index (χ4v) is 8.33. The van der Waals surface area contributed by atoms with Crippen LogP contribution in [0.15, 0.2) is 182 Å². The Morgan fingerprint density at radius 2 is 0.957 bits per heavy atom. The van der Waals surface area contributed by atoms with Crippen molar-refractivity contribution in [3.63, 3.8) is 0 Å². The van der Waals surface area contributed by atoms with E-state index in [1.165, 1.54) is 66.1 Å². The standard InChI is InChI=1S/C45H30N2/c1-3-13-32(14-4-1)45(33-15-5-2-6-16-33)39-20-10-7-19-38(39)43-40(45)28-23-31-29-30-46(44(31)43)34-24-26-35(27-25-34)47-41-21-11-8-17-36(41)37-18-9-12-22-42(37)47/h1-30H. The first-order valence-corrected chi connectivity index (χ1v) is 16.3. The smallest absolute Gasteiger partial charge is 0.0714 e. The molecule has 0 saturated heterocycles. The zero-order valence-electron chi connectivity index (χ0n) is 25.7. The summed E-state index contributed by atoms with van der Waals surface area (Å²) in [7, 11) is 0. The second-order valence-electron chi connectivity index (χ2n) is 12.5. The fraction of sp³-hybridized carbons (Fsp3) is 0.0222. The molecule has 220 valence electrons. The fourth-order valence-electron chi connectivity index (χ4n) is 8.33. The summed E-state index contributed by atoms with van der Waals surface area (Å²) < 4.78 is 4.76. The zero-order chi connectivity index (χ0) is 31.0. The molecule has 0 amide bonds. The second kappa shape index (κ2) is 9.94. The normalized spacial score (nSPS) is 13.3. The topological polar surface area (TPSA) is 9.86 Å². The average Bonchev–Trinajstić information content (AvgIpc) is 3.82. The van der Waals surface area contributed by atoms with Crippen molar-refractivity contribution in [2.24, 2.45) is 0 Å². The van der Waals surface area contributed by atoms with Crippen LogP contribution in [-0.4, -0.2) is 9.13 Å². The summed E-state index contributed by atoms with van der Waals surface area (Å²) in [5.74, 6) is 0. The molecule has 0 N–H and O–H groups in total. The third kappa shape index (κ3) is 3.55. The molecule has 7 aromatic carbocycles. The molecular weight excluding hydrogens is 569 g/mol. The van der Waals surface area contributed by atoms with E-state index in [0.29, 0.717) is 0 Å². The van der Waals surface area contributed by atoms with Crippen molar-refractivity contribution in [3.05, 3.63) is 204 Å². The number of benzene rings is 7. The van der Waals surface area contributed by atoms with E-state index < -0.39 is 5.41 Å². The number of aromatic nitrogens is 2. The maximum absolute atomic E-state index is 2.38. The Morgan fingerprint density at radius 1 is 0.404 bits per heavy atom. The first-order chi connectivity index (χ1) is 23.3. The Balaban J connectivity index is 1.21. The van der Waals surface area contributed by atoms with E-state index in [1.807, 2.05) is 0 Å². The van der Waals surface area contributed by atoms with Crippen LogP contribution < -0.4 is 0 Å². The molecule has 2 heterocycles. The largest absolute Gasteiger partial charge is 0.316 e. The van der Waals surface area contributed by atoms with Gasteiger partial charge in [0.25, 0.3) is 0 Å². The van der Waals surface area contributed by atoms with Gasteiger partial charge in [0.15, 0.2) is 0 Å². The van der Waals surface area contributed by atoms with Crippen molar-refractivity contribution in [3.8, 4) is 22.5 Å². The predicted octanol–water partition coefficient (Wildman–Crippen LogP) is 11.1. The summed E-state index contributed by atoms with van der Waals surface area (Å²) in [6.45, 7) is 0. The molecule has 1 aliphatic carbocycles. The molecule has 2 aromatic heterocycles. The van der Waals surface area contributed by atoms with Crippen LogP contribution in [0.2, 0.25) is 0 Å². The number of nitrogens with zero attached hydrogens (tertiary/aromatic N) is 2. The maximum Gasteiger partial charge on any atom is 0.0714 e. The zero-order valence-corrected chi connectivity index (χ0v) is 25.7. The molecule has 0 aliphatic heterocycles. The highest BCUT2D eigenvalue weighted by atomic mass is 15.0. The SMILES string of the molecule is c1ccc(C2(c3ccccc3)c3ccccc3-c3c2ccc2ccn(-c4ccc(-n5c6ccccc6c6ccccc65)cc4)c32)cc1. The van der Waals surface area contributed by atoms with Crippen LogP contribution in [0.5, 0.6) is 0 Å². The maximum atomic E-state index is 2.38. The minimum absolute atomic E-state index is 0.419. The minimum atomic E-state index is -0.419. The molecule has 9 aromatic rings. The molecule has 0 spiro atoms. The van der Waals surface area contributed by atoms with E-state index in [-0.39, 0.29) is 0 Å². The van der Waals surface area contributed by atoms with E-state index >= 15 is 0 Å². The molecule has 2 heteroatoms. The molecule has 0 radical (unpaired) electrons. The number of hydrogen-bond donors (Lipinski definition) is 0. The number of hydrogen-bond acceptors (Lipinski definition) is 0. The Bertz CT molecular complexity index is 2510. The molecule has 47 heavy (non-hydrogen) atoms. The van der Waals surface area contributed by atoms with Crippen LogP contribution in [0.4, 0.5) is 0 Å². The monoisotopic (exact) mass is 598 g/mol. The van der Waals surface area contributed by atoms with Crippen LogP contribution in [0.1, 0.15) is 22.3 Å². The summed E-state index contributed by atoms with van der Waals surface area (Å²) in [5.41, 5.74) is 13.4. The minimum Gasteiger partial charge on any atom is -0.316 e. The van der Waals surface area contributed by atoms with Gasteiger partial charge in [-0.15, -0.1) is 0 Å². The molecule has 2 nitrogen and oxygen atoms in total. The number of para-hydroxylation sites is 2. The van der Waals surface area contributed by atoms with Gasteiger partial charge in [0, 0.05) is 39.3 Å². The summed E-state index contributed by atoms with van der Waals surface area (Å²) in [4.78, 5) is 0. The van der Waals surface area contributed by atoms with E-state index in [2.05, 4.69) is 191 Å². The Morgan fingerprint density at radius 3 is 1.62 bits per heavy atom. The van der Waals surface area contributed by atoms with Gasteiger partial charge < -0.3 is 9.13 Å². The quantitative estimate of drug-likeness (QED) is 0.191. The molecule has 0 fully saturated rings. The lowest BCUT2D eigenvalue weighted by atomic mass is 9.67. The van der Waals surface area contributed by atoms with Crippen molar-refractivity contribution in [1.82, 2.24) is 9.13 Å². The molecule has 0 bridgehead atoms. The average molecular weight is 599 g/mol. The van der Waals surface area contributed by atoms with Crippen molar-refractivity contribution >= 4 is 32.7 Å². The molecule has 1 aliphatic rings. The van der Waals surface area contributed by atoms with Crippen molar-refractivity contribution in [1.29, 1.82) is 0 Å². The number of fused-ring (bicyclic) bond motifs is 8. The summed E-state index contributed by atoms with van der Waals surface area (Å²) in [5, 5.41) is 3.79. The molecule has 10 rings (SSSR count). The van der Waals surface area contributed by atoms with Gasteiger partial charge in [-0.1, -0.05) is 133 Å². The third-order valence-electron chi connectivity index (χ3n) is 10.2. The van der Waals surface area contributed by atoms with Crippen molar-refractivity contribution in [2.45, 2.75) is 5.41 Å². The summed E-state index contributed by atoms with van der Waals surface area (Å²) in [6, 6.07) is 64.4. The van der Waals surface area contributed by atoms with Crippen molar-refractivity contribution < 1.29 is 0 Å². The van der Waals surface area contributed by atoms with E-state index in [1.54, 1.807) is 0 Å². The molecule has 0 unspecified atom stereocenters. The van der Waals surface area contributed by atoms with Gasteiger partial charge in [0.1, 0.15) is 0 Å². The van der Waals surface area contributed by atoms with Gasteiger partial charge in [0.05, 0.1) is 22.0 Å². The van der Waals surface area contributed by atoms with Gasteiger partial charge in [0.2, 0.25) is 0 Å². The highest BCUT2D eigenvalue weighted by molar-refractivity contribution is 6.09. The van der Waals surface area contributed by atoms with Crippen LogP contribution in [-0.2, 0) is 5.41 Å². The lowest BCUT2D eigenvalue weighted by Crippen LogP contribution is -2.28.